The number of alkyl halides is 3. The predicted molar refractivity (Wildman–Crippen MR) is 75.8 cm³/mol. The molecule has 6 heteroatoms. The highest BCUT2D eigenvalue weighted by Gasteiger charge is 2.32. The van der Waals surface area contributed by atoms with E-state index in [0.29, 0.717) is 0 Å². The third-order valence-electron chi connectivity index (χ3n) is 3.04. The van der Waals surface area contributed by atoms with E-state index in [1.54, 1.807) is 6.07 Å². The zero-order valence-corrected chi connectivity index (χ0v) is 11.6. The van der Waals surface area contributed by atoms with E-state index in [0.717, 1.165) is 30.3 Å². The van der Waals surface area contributed by atoms with E-state index >= 15 is 0 Å². The second kappa shape index (κ2) is 6.44. The van der Waals surface area contributed by atoms with Crippen LogP contribution in [0.1, 0.15) is 21.5 Å². The number of carbonyl (C=O) groups is 1. The second-order valence-electron chi connectivity index (χ2n) is 4.59. The molecule has 0 saturated heterocycles. The van der Waals surface area contributed by atoms with Gasteiger partial charge in [0.05, 0.1) is 5.56 Å². The van der Waals surface area contributed by atoms with Crippen molar-refractivity contribution in [2.75, 3.05) is 0 Å². The zero-order chi connectivity index (χ0) is 17.0. The summed E-state index contributed by atoms with van der Waals surface area (Å²) >= 11 is 0. The number of ketones is 1. The minimum Gasteiger partial charge on any atom is -0.288 e. The molecule has 2 nitrogen and oxygen atoms in total. The van der Waals surface area contributed by atoms with Gasteiger partial charge in [0.15, 0.2) is 0 Å². The van der Waals surface area contributed by atoms with Gasteiger partial charge in [-0.25, -0.2) is 4.39 Å². The number of benzene rings is 2. The topological polar surface area (TPSA) is 40.9 Å². The summed E-state index contributed by atoms with van der Waals surface area (Å²) < 4.78 is 51.6. The Morgan fingerprint density at radius 3 is 2.22 bits per heavy atom. The molecule has 23 heavy (non-hydrogen) atoms. The number of nitrogens with zero attached hydrogens (tertiary/aromatic N) is 1. The first-order valence-electron chi connectivity index (χ1n) is 6.41. The molecule has 0 N–H and O–H groups in total. The summed E-state index contributed by atoms with van der Waals surface area (Å²) in [6.45, 7) is 0. The Hall–Kier alpha value is -2.94. The average molecular weight is 319 g/mol. The van der Waals surface area contributed by atoms with Gasteiger partial charge in [-0.15, -0.1) is 0 Å². The highest BCUT2D eigenvalue weighted by molar-refractivity contribution is 6.14. The predicted octanol–water partition coefficient (Wildman–Crippen LogP) is 4.63. The maximum atomic E-state index is 12.9. The molecule has 0 fully saturated rings. The summed E-state index contributed by atoms with van der Waals surface area (Å²) in [5.74, 6) is -1.34. The van der Waals surface area contributed by atoms with Crippen LogP contribution >= 0.6 is 0 Å². The lowest BCUT2D eigenvalue weighted by molar-refractivity contribution is -0.137. The fourth-order valence-electron chi connectivity index (χ4n) is 1.94. The summed E-state index contributed by atoms with van der Waals surface area (Å²) in [5.41, 5.74) is -1.68. The summed E-state index contributed by atoms with van der Waals surface area (Å²) in [6, 6.07) is 10.6. The van der Waals surface area contributed by atoms with Crippen molar-refractivity contribution in [3.05, 3.63) is 76.6 Å². The third-order valence-corrected chi connectivity index (χ3v) is 3.04. The molecule has 0 aliphatic carbocycles. The van der Waals surface area contributed by atoms with Gasteiger partial charge >= 0.3 is 6.18 Å². The van der Waals surface area contributed by atoms with Gasteiger partial charge < -0.3 is 0 Å². The van der Waals surface area contributed by atoms with Crippen molar-refractivity contribution in [2.24, 2.45) is 0 Å². The van der Waals surface area contributed by atoms with Gasteiger partial charge in [-0.3, -0.25) is 4.79 Å². The smallest absolute Gasteiger partial charge is 0.288 e. The minimum absolute atomic E-state index is 0.0173. The minimum atomic E-state index is -4.60. The molecule has 0 aliphatic heterocycles. The first-order chi connectivity index (χ1) is 10.8. The molecule has 0 aromatic heterocycles. The number of halogens is 4. The summed E-state index contributed by atoms with van der Waals surface area (Å²) in [6.07, 6.45) is -3.72. The molecule has 2 aromatic carbocycles. The van der Waals surface area contributed by atoms with Gasteiger partial charge in [-0.05, 0) is 42.0 Å². The third kappa shape index (κ3) is 3.83. The number of nitriles is 1. The van der Waals surface area contributed by atoms with E-state index in [-0.39, 0.29) is 11.1 Å². The lowest BCUT2D eigenvalue weighted by atomic mass is 9.99. The van der Waals surface area contributed by atoms with Crippen molar-refractivity contribution >= 4 is 11.9 Å². The maximum absolute atomic E-state index is 12.9. The fraction of sp³-hybridized carbons (Fsp3) is 0.0588. The van der Waals surface area contributed by atoms with E-state index in [4.69, 9.17) is 5.26 Å². The van der Waals surface area contributed by atoms with Gasteiger partial charge in [0.2, 0.25) is 5.78 Å². The largest absolute Gasteiger partial charge is 0.416 e. The van der Waals surface area contributed by atoms with E-state index in [1.807, 2.05) is 0 Å². The standard InChI is InChI=1S/C17H9F4NO/c18-14-7-5-11(6-8-14)16(23)13(10-22)9-12-3-1-2-4-15(12)17(19,20)21/h1-9H/b13-9+. The molecule has 116 valence electrons. The number of carbonyl (C=O) groups excluding carboxylic acids is 1. The molecule has 0 spiro atoms. The molecule has 0 atom stereocenters. The molecule has 0 saturated carbocycles. The van der Waals surface area contributed by atoms with E-state index in [9.17, 15) is 22.4 Å². The molecule has 2 rings (SSSR count). The molecule has 0 heterocycles. The zero-order valence-electron chi connectivity index (χ0n) is 11.6. The van der Waals surface area contributed by atoms with Crippen molar-refractivity contribution in [3.63, 3.8) is 0 Å². The van der Waals surface area contributed by atoms with Gasteiger partial charge in [-0.1, -0.05) is 18.2 Å². The maximum Gasteiger partial charge on any atom is 0.416 e. The number of rotatable bonds is 3. The summed E-state index contributed by atoms with van der Waals surface area (Å²) in [5, 5.41) is 9.07. The average Bonchev–Trinajstić information content (AvgIpc) is 2.52. The number of hydrogen-bond donors (Lipinski definition) is 0. The van der Waals surface area contributed by atoms with Gasteiger partial charge in [0.1, 0.15) is 17.5 Å². The Bertz CT molecular complexity index is 799. The van der Waals surface area contributed by atoms with E-state index in [2.05, 4.69) is 0 Å². The van der Waals surface area contributed by atoms with Crippen LogP contribution in [0.25, 0.3) is 6.08 Å². The summed E-state index contributed by atoms with van der Waals surface area (Å²) in [7, 11) is 0. The number of Topliss-reactive ketones (excluding diaryl/α,β-unsaturated/α-hetero) is 1. The van der Waals surface area contributed by atoms with Crippen LogP contribution in [0.2, 0.25) is 0 Å². The molecule has 2 aromatic rings. The Labute approximate surface area is 129 Å². The Morgan fingerprint density at radius 2 is 1.65 bits per heavy atom. The SMILES string of the molecule is N#C/C(=C\c1ccccc1C(F)(F)F)C(=O)c1ccc(F)cc1. The summed E-state index contributed by atoms with van der Waals surface area (Å²) in [4.78, 5) is 12.2. The molecular weight excluding hydrogens is 310 g/mol. The normalized spacial score (nSPS) is 11.9. The molecular formula is C17H9F4NO. The molecule has 0 bridgehead atoms. The Morgan fingerprint density at radius 1 is 1.04 bits per heavy atom. The first kappa shape index (κ1) is 16.4. The number of allylic oxidation sites excluding steroid dienone is 1. The Kier molecular flexibility index (Phi) is 4.60. The lowest BCUT2D eigenvalue weighted by Crippen LogP contribution is -2.08. The van der Waals surface area contributed by atoms with Crippen molar-refractivity contribution in [3.8, 4) is 6.07 Å². The first-order valence-corrected chi connectivity index (χ1v) is 6.41. The van der Waals surface area contributed by atoms with Crippen LogP contribution in [0, 0.1) is 17.1 Å². The van der Waals surface area contributed by atoms with Crippen LogP contribution in [0.5, 0.6) is 0 Å². The molecule has 0 aliphatic rings. The molecule has 0 radical (unpaired) electrons. The second-order valence-corrected chi connectivity index (χ2v) is 4.59. The van der Waals surface area contributed by atoms with Gasteiger partial charge in [0.25, 0.3) is 0 Å². The van der Waals surface area contributed by atoms with Crippen molar-refractivity contribution in [1.82, 2.24) is 0 Å². The number of hydrogen-bond acceptors (Lipinski definition) is 2. The molecule has 0 unspecified atom stereocenters. The van der Waals surface area contributed by atoms with Crippen LogP contribution < -0.4 is 0 Å². The van der Waals surface area contributed by atoms with Crippen LogP contribution in [0.4, 0.5) is 17.6 Å². The van der Waals surface area contributed by atoms with Crippen molar-refractivity contribution in [1.29, 1.82) is 5.26 Å². The Balaban J connectivity index is 2.46. The van der Waals surface area contributed by atoms with Crippen molar-refractivity contribution in [2.45, 2.75) is 6.18 Å². The van der Waals surface area contributed by atoms with Crippen molar-refractivity contribution < 1.29 is 22.4 Å². The highest BCUT2D eigenvalue weighted by Crippen LogP contribution is 2.33. The van der Waals surface area contributed by atoms with E-state index in [1.165, 1.54) is 24.3 Å². The fourth-order valence-corrected chi connectivity index (χ4v) is 1.94. The van der Waals surface area contributed by atoms with Crippen LogP contribution in [-0.4, -0.2) is 5.78 Å². The molecule has 0 amide bonds. The van der Waals surface area contributed by atoms with Gasteiger partial charge in [-0.2, -0.15) is 18.4 Å². The lowest BCUT2D eigenvalue weighted by Gasteiger charge is -2.10. The van der Waals surface area contributed by atoms with Crippen LogP contribution in [0.15, 0.2) is 54.1 Å². The monoisotopic (exact) mass is 319 g/mol. The van der Waals surface area contributed by atoms with Gasteiger partial charge in [0, 0.05) is 5.56 Å². The van der Waals surface area contributed by atoms with Crippen LogP contribution in [0.3, 0.4) is 0 Å². The highest BCUT2D eigenvalue weighted by atomic mass is 19.4. The van der Waals surface area contributed by atoms with E-state index < -0.39 is 28.9 Å². The van der Waals surface area contributed by atoms with Crippen LogP contribution in [-0.2, 0) is 6.18 Å². The quantitative estimate of drug-likeness (QED) is 0.358.